The largest absolute Gasteiger partial charge is 0.322 e. The van der Waals surface area contributed by atoms with E-state index in [2.05, 4.69) is 5.32 Å². The molecule has 0 bridgehead atoms. The number of carbonyl (C=O) groups is 1. The number of hydrogen-bond acceptors (Lipinski definition) is 3. The molecule has 0 atom stereocenters. The minimum Gasteiger partial charge on any atom is -0.322 e. The Bertz CT molecular complexity index is 901. The summed E-state index contributed by atoms with van der Waals surface area (Å²) in [4.78, 5) is 12.7. The van der Waals surface area contributed by atoms with E-state index in [1.165, 1.54) is 10.4 Å². The van der Waals surface area contributed by atoms with Crippen molar-refractivity contribution in [1.82, 2.24) is 4.31 Å². The monoisotopic (exact) mass is 358 g/mol. The molecule has 0 aromatic heterocycles. The van der Waals surface area contributed by atoms with Gasteiger partial charge in [-0.15, -0.1) is 0 Å². The van der Waals surface area contributed by atoms with Crippen molar-refractivity contribution in [2.24, 2.45) is 0 Å². The zero-order valence-corrected chi connectivity index (χ0v) is 15.3. The lowest BCUT2D eigenvalue weighted by Gasteiger charge is -2.16. The van der Waals surface area contributed by atoms with Crippen molar-refractivity contribution in [3.8, 4) is 0 Å². The number of hydrogen-bond donors (Lipinski definition) is 1. The number of nitrogens with one attached hydrogen (secondary N) is 1. The average Bonchev–Trinajstić information content (AvgIpc) is 3.14. The maximum Gasteiger partial charge on any atom is 0.255 e. The van der Waals surface area contributed by atoms with Gasteiger partial charge in [-0.1, -0.05) is 18.2 Å². The maximum atomic E-state index is 12.7. The van der Waals surface area contributed by atoms with E-state index < -0.39 is 10.0 Å². The molecule has 1 saturated heterocycles. The van der Waals surface area contributed by atoms with Gasteiger partial charge in [0.15, 0.2) is 0 Å². The highest BCUT2D eigenvalue weighted by Gasteiger charge is 2.27. The Labute approximate surface area is 148 Å². The molecule has 0 spiro atoms. The van der Waals surface area contributed by atoms with Crippen molar-refractivity contribution in [3.05, 3.63) is 59.2 Å². The second-order valence-corrected chi connectivity index (χ2v) is 8.28. The Morgan fingerprint density at radius 3 is 2.44 bits per heavy atom. The second-order valence-electron chi connectivity index (χ2n) is 6.34. The van der Waals surface area contributed by atoms with E-state index in [1.807, 2.05) is 32.0 Å². The van der Waals surface area contributed by atoms with Crippen LogP contribution in [0.15, 0.2) is 47.4 Å². The molecule has 1 aliphatic heterocycles. The maximum absolute atomic E-state index is 12.7. The van der Waals surface area contributed by atoms with Crippen LogP contribution in [0.25, 0.3) is 0 Å². The summed E-state index contributed by atoms with van der Waals surface area (Å²) in [7, 11) is -3.53. The predicted octanol–water partition coefficient (Wildman–Crippen LogP) is 3.34. The Morgan fingerprint density at radius 2 is 1.72 bits per heavy atom. The van der Waals surface area contributed by atoms with Gasteiger partial charge in [0.25, 0.3) is 5.91 Å². The fourth-order valence-electron chi connectivity index (χ4n) is 2.96. The molecular weight excluding hydrogens is 336 g/mol. The van der Waals surface area contributed by atoms with Crippen molar-refractivity contribution in [2.75, 3.05) is 18.4 Å². The zero-order chi connectivity index (χ0) is 18.0. The summed E-state index contributed by atoms with van der Waals surface area (Å²) >= 11 is 0. The van der Waals surface area contributed by atoms with E-state index in [-0.39, 0.29) is 10.8 Å². The van der Waals surface area contributed by atoms with Crippen molar-refractivity contribution in [1.29, 1.82) is 0 Å². The molecule has 1 aliphatic rings. The highest BCUT2D eigenvalue weighted by atomic mass is 32.2. The molecule has 1 heterocycles. The van der Waals surface area contributed by atoms with Crippen molar-refractivity contribution in [3.63, 3.8) is 0 Å². The normalized spacial score (nSPS) is 15.3. The molecule has 0 radical (unpaired) electrons. The molecule has 5 nitrogen and oxygen atoms in total. The molecule has 2 aromatic carbocycles. The third-order valence-corrected chi connectivity index (χ3v) is 6.55. The van der Waals surface area contributed by atoms with Crippen LogP contribution >= 0.6 is 0 Å². The van der Waals surface area contributed by atoms with Crippen LogP contribution in [-0.4, -0.2) is 31.7 Å². The van der Waals surface area contributed by atoms with Gasteiger partial charge in [-0.05, 0) is 62.1 Å². The fourth-order valence-corrected chi connectivity index (χ4v) is 4.52. The molecule has 0 saturated carbocycles. The molecule has 2 aromatic rings. The van der Waals surface area contributed by atoms with Crippen LogP contribution in [0.5, 0.6) is 0 Å². The number of aryl methyl sites for hydroxylation is 1. The van der Waals surface area contributed by atoms with E-state index in [9.17, 15) is 13.2 Å². The van der Waals surface area contributed by atoms with E-state index in [1.54, 1.807) is 18.2 Å². The summed E-state index contributed by atoms with van der Waals surface area (Å²) < 4.78 is 26.8. The lowest BCUT2D eigenvalue weighted by atomic mass is 10.1. The van der Waals surface area contributed by atoms with Gasteiger partial charge in [-0.3, -0.25) is 4.79 Å². The van der Waals surface area contributed by atoms with E-state index in [4.69, 9.17) is 0 Å². The number of anilines is 1. The van der Waals surface area contributed by atoms with Gasteiger partial charge in [-0.2, -0.15) is 4.31 Å². The van der Waals surface area contributed by atoms with Crippen LogP contribution < -0.4 is 5.32 Å². The van der Waals surface area contributed by atoms with Gasteiger partial charge in [0.2, 0.25) is 10.0 Å². The smallest absolute Gasteiger partial charge is 0.255 e. The van der Waals surface area contributed by atoms with Gasteiger partial charge in [-0.25, -0.2) is 8.42 Å². The van der Waals surface area contributed by atoms with Gasteiger partial charge in [0.05, 0.1) is 4.90 Å². The zero-order valence-electron chi connectivity index (χ0n) is 14.5. The summed E-state index contributed by atoms with van der Waals surface area (Å²) in [5.74, 6) is -0.313. The van der Waals surface area contributed by atoms with E-state index in [0.717, 1.165) is 29.7 Å². The topological polar surface area (TPSA) is 66.5 Å². The van der Waals surface area contributed by atoms with E-state index in [0.29, 0.717) is 18.7 Å². The van der Waals surface area contributed by atoms with Crippen molar-refractivity contribution < 1.29 is 13.2 Å². The molecule has 25 heavy (non-hydrogen) atoms. The van der Waals surface area contributed by atoms with Crippen LogP contribution in [0.4, 0.5) is 5.69 Å². The first-order valence-electron chi connectivity index (χ1n) is 8.37. The molecule has 0 aliphatic carbocycles. The molecular formula is C19H22N2O3S. The van der Waals surface area contributed by atoms with Crippen LogP contribution in [0.1, 0.15) is 34.3 Å². The summed E-state index contributed by atoms with van der Waals surface area (Å²) in [5, 5.41) is 2.87. The van der Waals surface area contributed by atoms with Crippen LogP contribution in [0, 0.1) is 13.8 Å². The summed E-state index contributed by atoms with van der Waals surface area (Å²) in [6.45, 7) is 5.01. The molecule has 1 amide bonds. The Hall–Kier alpha value is -2.18. The number of rotatable bonds is 4. The lowest BCUT2D eigenvalue weighted by Crippen LogP contribution is -2.28. The standard InChI is InChI=1S/C19H22N2O3S/c1-14-7-5-10-18(15(14)2)20-19(22)16-8-6-9-17(13-16)25(23,24)21-11-3-4-12-21/h5-10,13H,3-4,11-12H2,1-2H3,(H,20,22). The van der Waals surface area contributed by atoms with Crippen molar-refractivity contribution >= 4 is 21.6 Å². The third-order valence-electron chi connectivity index (χ3n) is 4.65. The Kier molecular flexibility index (Phi) is 4.92. The van der Waals surface area contributed by atoms with Crippen LogP contribution in [0.3, 0.4) is 0 Å². The number of amides is 1. The fraction of sp³-hybridized carbons (Fsp3) is 0.316. The minimum atomic E-state index is -3.53. The minimum absolute atomic E-state index is 0.169. The lowest BCUT2D eigenvalue weighted by molar-refractivity contribution is 0.102. The number of sulfonamides is 1. The first kappa shape index (κ1) is 17.6. The Balaban J connectivity index is 1.86. The third kappa shape index (κ3) is 3.60. The molecule has 1 fully saturated rings. The number of nitrogens with zero attached hydrogens (tertiary/aromatic N) is 1. The molecule has 6 heteroatoms. The SMILES string of the molecule is Cc1cccc(NC(=O)c2cccc(S(=O)(=O)N3CCCC3)c2)c1C. The number of benzene rings is 2. The summed E-state index contributed by atoms with van der Waals surface area (Å²) in [5.41, 5.74) is 3.15. The second kappa shape index (κ2) is 6.98. The molecule has 132 valence electrons. The highest BCUT2D eigenvalue weighted by Crippen LogP contribution is 2.23. The first-order valence-corrected chi connectivity index (χ1v) is 9.81. The van der Waals surface area contributed by atoms with Gasteiger partial charge < -0.3 is 5.32 Å². The van der Waals surface area contributed by atoms with E-state index >= 15 is 0 Å². The van der Waals surface area contributed by atoms with Gasteiger partial charge in [0, 0.05) is 24.3 Å². The predicted molar refractivity (Wildman–Crippen MR) is 98.3 cm³/mol. The van der Waals surface area contributed by atoms with Gasteiger partial charge in [0.1, 0.15) is 0 Å². The molecule has 0 unspecified atom stereocenters. The Morgan fingerprint density at radius 1 is 1.04 bits per heavy atom. The molecule has 3 rings (SSSR count). The quantitative estimate of drug-likeness (QED) is 0.911. The first-order chi connectivity index (χ1) is 11.9. The van der Waals surface area contributed by atoms with Gasteiger partial charge >= 0.3 is 0 Å². The van der Waals surface area contributed by atoms with Crippen molar-refractivity contribution in [2.45, 2.75) is 31.6 Å². The summed E-state index contributed by atoms with van der Waals surface area (Å²) in [6.07, 6.45) is 1.76. The highest BCUT2D eigenvalue weighted by molar-refractivity contribution is 7.89. The van der Waals surface area contributed by atoms with Crippen LogP contribution in [-0.2, 0) is 10.0 Å². The molecule has 1 N–H and O–H groups in total. The summed E-state index contributed by atoms with van der Waals surface area (Å²) in [6, 6.07) is 11.9. The average molecular weight is 358 g/mol. The number of carbonyl (C=O) groups excluding carboxylic acids is 1. The van der Waals surface area contributed by atoms with Crippen LogP contribution in [0.2, 0.25) is 0 Å².